The number of hydrogen-bond acceptors (Lipinski definition) is 5. The molecule has 2 heterocycles. The summed E-state index contributed by atoms with van der Waals surface area (Å²) in [6.07, 6.45) is 7.90. The Morgan fingerprint density at radius 1 is 1.07 bits per heavy atom. The molecule has 2 aromatic heterocycles. The Labute approximate surface area is 173 Å². The van der Waals surface area contributed by atoms with Gasteiger partial charge in [-0.2, -0.15) is 0 Å². The van der Waals surface area contributed by atoms with E-state index in [9.17, 15) is 13.2 Å². The van der Waals surface area contributed by atoms with Crippen LogP contribution < -0.4 is 10.5 Å². The van der Waals surface area contributed by atoms with Crippen LogP contribution in [0.4, 0.5) is 5.69 Å². The fourth-order valence-electron chi connectivity index (χ4n) is 4.23. The van der Waals surface area contributed by atoms with E-state index in [2.05, 4.69) is 14.3 Å². The second kappa shape index (κ2) is 7.02. The zero-order chi connectivity index (χ0) is 20.9. The molecule has 0 aliphatic heterocycles. The highest BCUT2D eigenvalue weighted by Gasteiger charge is 2.20. The molecule has 30 heavy (non-hydrogen) atoms. The van der Waals surface area contributed by atoms with Gasteiger partial charge in [0.2, 0.25) is 0 Å². The van der Waals surface area contributed by atoms with E-state index in [0.29, 0.717) is 22.8 Å². The molecule has 1 saturated carbocycles. The number of aryl methyl sites for hydroxylation is 1. The van der Waals surface area contributed by atoms with Crippen LogP contribution in [-0.4, -0.2) is 22.5 Å². The van der Waals surface area contributed by atoms with E-state index in [-0.39, 0.29) is 4.90 Å². The van der Waals surface area contributed by atoms with Gasteiger partial charge in [0.05, 0.1) is 33.5 Å². The summed E-state index contributed by atoms with van der Waals surface area (Å²) in [6.45, 7) is 0. The van der Waals surface area contributed by atoms with Crippen LogP contribution in [-0.2, 0) is 17.1 Å². The average molecular weight is 426 g/mol. The number of hydrogen-bond donors (Lipinski definition) is 1. The minimum atomic E-state index is -3.84. The summed E-state index contributed by atoms with van der Waals surface area (Å²) in [5, 5.41) is 0. The van der Waals surface area contributed by atoms with Crippen LogP contribution in [0.25, 0.3) is 22.1 Å². The molecule has 0 unspecified atom stereocenters. The predicted octanol–water partition coefficient (Wildman–Crippen LogP) is 3.79. The van der Waals surface area contributed by atoms with Crippen molar-refractivity contribution in [2.24, 2.45) is 7.05 Å². The first kappa shape index (κ1) is 18.9. The number of rotatable bonds is 4. The summed E-state index contributed by atoms with van der Waals surface area (Å²) < 4.78 is 37.0. The summed E-state index contributed by atoms with van der Waals surface area (Å²) in [5.41, 5.74) is 2.98. The van der Waals surface area contributed by atoms with Crippen LogP contribution in [0.15, 0.2) is 56.8 Å². The van der Waals surface area contributed by atoms with Gasteiger partial charge in [0, 0.05) is 13.1 Å². The Hall–Kier alpha value is -3.07. The van der Waals surface area contributed by atoms with Gasteiger partial charge in [0.25, 0.3) is 10.0 Å². The highest BCUT2D eigenvalue weighted by atomic mass is 32.2. The zero-order valence-corrected chi connectivity index (χ0v) is 17.4. The minimum Gasteiger partial charge on any atom is -0.408 e. The van der Waals surface area contributed by atoms with Gasteiger partial charge in [-0.05, 0) is 49.2 Å². The molecule has 4 aromatic rings. The van der Waals surface area contributed by atoms with Crippen molar-refractivity contribution < 1.29 is 12.8 Å². The minimum absolute atomic E-state index is 0.0548. The molecule has 0 spiro atoms. The van der Waals surface area contributed by atoms with Gasteiger partial charge in [-0.1, -0.05) is 19.3 Å². The Morgan fingerprint density at radius 2 is 1.87 bits per heavy atom. The van der Waals surface area contributed by atoms with Crippen LogP contribution >= 0.6 is 0 Å². The van der Waals surface area contributed by atoms with Crippen LogP contribution in [0.2, 0.25) is 0 Å². The number of benzene rings is 2. The van der Waals surface area contributed by atoms with Gasteiger partial charge in [-0.15, -0.1) is 0 Å². The SMILES string of the molecule is Cn1c(=O)oc2ccc(S(=O)(=O)Nc3ccc4c(c3)ncn4C3CCCCC3)cc21. The topological polar surface area (TPSA) is 99.1 Å². The lowest BCUT2D eigenvalue weighted by Crippen LogP contribution is -2.14. The number of aromatic nitrogens is 3. The molecule has 1 aliphatic carbocycles. The molecule has 0 amide bonds. The molecule has 1 aliphatic rings. The van der Waals surface area contributed by atoms with Crippen molar-refractivity contribution in [1.29, 1.82) is 0 Å². The second-order valence-corrected chi connectivity index (χ2v) is 9.49. The van der Waals surface area contributed by atoms with Crippen molar-refractivity contribution in [1.82, 2.24) is 14.1 Å². The molecule has 1 N–H and O–H groups in total. The molecule has 0 radical (unpaired) electrons. The molecule has 9 heteroatoms. The Morgan fingerprint density at radius 3 is 2.67 bits per heavy atom. The van der Waals surface area contributed by atoms with E-state index in [1.165, 1.54) is 49.1 Å². The van der Waals surface area contributed by atoms with Gasteiger partial charge in [0.15, 0.2) is 5.58 Å². The standard InChI is InChI=1S/C21H22N4O4S/c1-24-19-12-16(8-10-20(19)29-21(24)26)30(27,28)23-14-7-9-18-17(11-14)22-13-25(18)15-5-3-2-4-6-15/h7-13,15,23H,2-6H2,1H3. The predicted molar refractivity (Wildman–Crippen MR) is 114 cm³/mol. The molecule has 156 valence electrons. The maximum Gasteiger partial charge on any atom is 0.419 e. The van der Waals surface area contributed by atoms with Crippen molar-refractivity contribution >= 4 is 37.8 Å². The molecule has 8 nitrogen and oxygen atoms in total. The van der Waals surface area contributed by atoms with Crippen LogP contribution in [0.3, 0.4) is 0 Å². The summed E-state index contributed by atoms with van der Waals surface area (Å²) >= 11 is 0. The molecule has 2 aromatic carbocycles. The van der Waals surface area contributed by atoms with Crippen molar-refractivity contribution in [2.45, 2.75) is 43.0 Å². The van der Waals surface area contributed by atoms with Gasteiger partial charge in [-0.3, -0.25) is 9.29 Å². The molecular weight excluding hydrogens is 404 g/mol. The third-order valence-corrected chi connectivity index (χ3v) is 7.25. The fourth-order valence-corrected chi connectivity index (χ4v) is 5.30. The summed E-state index contributed by atoms with van der Waals surface area (Å²) in [4.78, 5) is 16.2. The molecule has 1 fully saturated rings. The van der Waals surface area contributed by atoms with Crippen LogP contribution in [0, 0.1) is 0 Å². The lowest BCUT2D eigenvalue weighted by molar-refractivity contribution is 0.359. The van der Waals surface area contributed by atoms with E-state index in [4.69, 9.17) is 4.42 Å². The molecule has 0 saturated heterocycles. The van der Waals surface area contributed by atoms with Crippen molar-refractivity contribution in [3.63, 3.8) is 0 Å². The Balaban J connectivity index is 1.45. The van der Waals surface area contributed by atoms with Crippen molar-refractivity contribution in [2.75, 3.05) is 4.72 Å². The Bertz CT molecular complexity index is 1410. The number of nitrogens with one attached hydrogen (secondary N) is 1. The fraction of sp³-hybridized carbons (Fsp3) is 0.333. The third kappa shape index (κ3) is 3.19. The number of fused-ring (bicyclic) bond motifs is 2. The largest absolute Gasteiger partial charge is 0.419 e. The van der Waals surface area contributed by atoms with Gasteiger partial charge in [-0.25, -0.2) is 18.2 Å². The van der Waals surface area contributed by atoms with E-state index in [1.807, 2.05) is 12.4 Å². The first-order chi connectivity index (χ1) is 14.4. The molecule has 5 rings (SSSR count). The first-order valence-corrected chi connectivity index (χ1v) is 11.5. The van der Waals surface area contributed by atoms with Gasteiger partial charge < -0.3 is 8.98 Å². The van der Waals surface area contributed by atoms with Crippen molar-refractivity contribution in [3.05, 3.63) is 53.3 Å². The normalized spacial score (nSPS) is 15.8. The average Bonchev–Trinajstić information content (AvgIpc) is 3.28. The van der Waals surface area contributed by atoms with E-state index >= 15 is 0 Å². The highest BCUT2D eigenvalue weighted by Crippen LogP contribution is 2.31. The van der Waals surface area contributed by atoms with E-state index in [0.717, 1.165) is 23.9 Å². The number of imidazole rings is 1. The first-order valence-electron chi connectivity index (χ1n) is 10.0. The number of sulfonamides is 1. The lowest BCUT2D eigenvalue weighted by atomic mass is 9.95. The third-order valence-electron chi connectivity index (χ3n) is 5.87. The quantitative estimate of drug-likeness (QED) is 0.535. The summed E-state index contributed by atoms with van der Waals surface area (Å²) in [5.74, 6) is -0.536. The number of anilines is 1. The molecule has 0 atom stereocenters. The molecular formula is C21H22N4O4S. The van der Waals surface area contributed by atoms with E-state index in [1.54, 1.807) is 12.1 Å². The summed E-state index contributed by atoms with van der Waals surface area (Å²) in [6, 6.07) is 10.2. The van der Waals surface area contributed by atoms with Crippen LogP contribution in [0.5, 0.6) is 0 Å². The monoisotopic (exact) mass is 426 g/mol. The van der Waals surface area contributed by atoms with Crippen LogP contribution in [0.1, 0.15) is 38.1 Å². The van der Waals surface area contributed by atoms with Crippen molar-refractivity contribution in [3.8, 4) is 0 Å². The number of nitrogens with zero attached hydrogens (tertiary/aromatic N) is 3. The van der Waals surface area contributed by atoms with E-state index < -0.39 is 15.8 Å². The van der Waals surface area contributed by atoms with Gasteiger partial charge >= 0.3 is 5.76 Å². The Kier molecular flexibility index (Phi) is 4.43. The smallest absolute Gasteiger partial charge is 0.408 e. The second-order valence-electron chi connectivity index (χ2n) is 7.81. The summed E-state index contributed by atoms with van der Waals surface area (Å²) in [7, 11) is -2.30. The van der Waals surface area contributed by atoms with Gasteiger partial charge in [0.1, 0.15) is 0 Å². The molecule has 0 bridgehead atoms. The maximum atomic E-state index is 12.9. The zero-order valence-electron chi connectivity index (χ0n) is 16.5. The highest BCUT2D eigenvalue weighted by molar-refractivity contribution is 7.92. The lowest BCUT2D eigenvalue weighted by Gasteiger charge is -2.23. The maximum absolute atomic E-state index is 12.9. The number of oxazole rings is 1.